The number of likely N-dealkylation sites (tertiary alicyclic amines) is 1. The molecule has 7 atom stereocenters. The number of carbonyl (C=O) groups excluding carboxylic acids is 7. The monoisotopic (exact) mass is 1040 g/mol. The number of nitrogens with two attached hydrogens (primary N) is 4. The third-order valence-electron chi connectivity index (χ3n) is 13.7. The summed E-state index contributed by atoms with van der Waals surface area (Å²) >= 11 is 0. The number of rotatable bonds is 32. The van der Waals surface area contributed by atoms with Gasteiger partial charge in [0.15, 0.2) is 5.96 Å². The maximum absolute atomic E-state index is 14.3. The summed E-state index contributed by atoms with van der Waals surface area (Å²) in [6.07, 6.45) is 9.28. The molecule has 1 aliphatic heterocycles. The molecule has 15 N–H and O–H groups in total. The number of unbranched alkanes of at least 4 members (excludes halogenated alkanes) is 1. The van der Waals surface area contributed by atoms with Crippen LogP contribution < -0.4 is 54.8 Å². The van der Waals surface area contributed by atoms with Crippen LogP contribution in [0, 0.1) is 11.8 Å². The highest BCUT2D eigenvalue weighted by Gasteiger charge is 2.40. The minimum atomic E-state index is -1.29. The predicted octanol–water partition coefficient (Wildman–Crippen LogP) is 1.39. The average Bonchev–Trinajstić information content (AvgIpc) is 3.89. The normalized spacial score (nSPS) is 17.0. The Hall–Kier alpha value is -6.61. The van der Waals surface area contributed by atoms with Crippen LogP contribution in [0.5, 0.6) is 0 Å². The quantitative estimate of drug-likeness (QED) is 0.0281. The van der Waals surface area contributed by atoms with Gasteiger partial charge in [0, 0.05) is 13.1 Å². The lowest BCUT2D eigenvalue weighted by atomic mass is 9.84. The van der Waals surface area contributed by atoms with Crippen molar-refractivity contribution < 1.29 is 43.5 Å². The molecule has 0 aromatic heterocycles. The van der Waals surface area contributed by atoms with E-state index in [1.807, 2.05) is 74.5 Å². The van der Waals surface area contributed by atoms with Gasteiger partial charge in [-0.05, 0) is 113 Å². The van der Waals surface area contributed by atoms with Crippen LogP contribution in [-0.2, 0) is 51.2 Å². The number of carboxylic acid groups (broad SMARTS) is 1. The van der Waals surface area contributed by atoms with E-state index in [-0.39, 0.29) is 63.0 Å². The Morgan fingerprint density at radius 3 is 1.92 bits per heavy atom. The first-order valence-electron chi connectivity index (χ1n) is 26.9. The summed E-state index contributed by atoms with van der Waals surface area (Å²) in [5.74, 6) is -5.51. The summed E-state index contributed by atoms with van der Waals surface area (Å²) in [6, 6.07) is 11.4. The lowest BCUT2D eigenvalue weighted by molar-refractivity contribution is -0.142. The average molecular weight is 1050 g/mol. The Morgan fingerprint density at radius 1 is 0.667 bits per heavy atom. The standard InChI is InChI=1S/C54H84N12O9/c1-35(2)31-43(50(71)62-40(25-14-23-36-17-6-3-7-18-36)49(70)64-42(53(74)75)26-15-29-59-54(57)58)61-46(67)34-60-48(69)44(33-38-21-10-5-11-22-38)65-51(72)45-27-16-30-66(45)52(73)41(24-12-13-28-55)63-47(68)39(56)32-37-19-8-4-9-20-37/h3-4,6-9,17-20,35,38-45H,5,10-16,21-34,55-56H2,1-2H3,(H,60,69)(H,61,67)(H,62,71)(H,63,68)(H,64,70)(H,65,72)(H,74,75)(H4,57,58,59)/t39-,40+,41-,42-,43-,44-,45-/m0/s1. The molecule has 0 spiro atoms. The van der Waals surface area contributed by atoms with Gasteiger partial charge in [-0.2, -0.15) is 0 Å². The Labute approximate surface area is 441 Å². The van der Waals surface area contributed by atoms with E-state index in [2.05, 4.69) is 36.9 Å². The predicted molar refractivity (Wildman–Crippen MR) is 286 cm³/mol. The summed E-state index contributed by atoms with van der Waals surface area (Å²) < 4.78 is 0. The number of aliphatic imine (C=N–C) groups is 1. The van der Waals surface area contributed by atoms with E-state index in [4.69, 9.17) is 22.9 Å². The molecule has 0 unspecified atom stereocenters. The van der Waals surface area contributed by atoms with Crippen LogP contribution in [0.2, 0.25) is 0 Å². The van der Waals surface area contributed by atoms with Crippen LogP contribution in [0.25, 0.3) is 0 Å². The number of amides is 7. The number of nitrogens with one attached hydrogen (secondary N) is 6. The van der Waals surface area contributed by atoms with Crippen LogP contribution in [0.3, 0.4) is 0 Å². The molecule has 1 saturated heterocycles. The van der Waals surface area contributed by atoms with Gasteiger partial charge in [0.05, 0.1) is 12.6 Å². The van der Waals surface area contributed by atoms with Crippen LogP contribution in [0.1, 0.15) is 128 Å². The maximum atomic E-state index is 14.3. The molecule has 1 heterocycles. The van der Waals surface area contributed by atoms with Gasteiger partial charge in [0.2, 0.25) is 41.4 Å². The minimum absolute atomic E-state index is 0.0214. The van der Waals surface area contributed by atoms with Crippen molar-refractivity contribution >= 4 is 53.3 Å². The lowest BCUT2D eigenvalue weighted by Crippen LogP contribution is -2.58. The highest BCUT2D eigenvalue weighted by molar-refractivity contribution is 5.97. The Kier molecular flexibility index (Phi) is 26.5. The first-order chi connectivity index (χ1) is 35.9. The summed E-state index contributed by atoms with van der Waals surface area (Å²) in [4.78, 5) is 115. The maximum Gasteiger partial charge on any atom is 0.326 e. The number of benzene rings is 2. The number of hydrogen-bond acceptors (Lipinski definition) is 11. The van der Waals surface area contributed by atoms with Gasteiger partial charge in [-0.1, -0.05) is 107 Å². The van der Waals surface area contributed by atoms with E-state index in [1.165, 1.54) is 4.90 Å². The Bertz CT molecular complexity index is 2170. The second-order valence-electron chi connectivity index (χ2n) is 20.4. The number of guanidine groups is 1. The van der Waals surface area contributed by atoms with Gasteiger partial charge < -0.3 is 64.8 Å². The summed E-state index contributed by atoms with van der Waals surface area (Å²) in [5.41, 5.74) is 24.7. The van der Waals surface area contributed by atoms with E-state index in [1.54, 1.807) is 0 Å². The van der Waals surface area contributed by atoms with Gasteiger partial charge in [0.25, 0.3) is 0 Å². The molecule has 21 nitrogen and oxygen atoms in total. The van der Waals surface area contributed by atoms with Crippen molar-refractivity contribution in [2.75, 3.05) is 26.2 Å². The largest absolute Gasteiger partial charge is 0.480 e. The van der Waals surface area contributed by atoms with Crippen molar-refractivity contribution in [2.24, 2.45) is 39.8 Å². The van der Waals surface area contributed by atoms with Gasteiger partial charge in [-0.3, -0.25) is 38.6 Å². The fourth-order valence-corrected chi connectivity index (χ4v) is 9.72. The summed E-state index contributed by atoms with van der Waals surface area (Å²) in [5, 5.41) is 26.4. The number of aryl methyl sites for hydroxylation is 1. The number of nitrogens with zero attached hydrogens (tertiary/aromatic N) is 2. The third kappa shape index (κ3) is 22.0. The molecule has 2 fully saturated rings. The van der Waals surface area contributed by atoms with Gasteiger partial charge in [0.1, 0.15) is 36.3 Å². The first-order valence-corrected chi connectivity index (χ1v) is 26.9. The number of carbonyl (C=O) groups is 8. The SMILES string of the molecule is CC(C)C[C@H](NC(=O)CNC(=O)[C@H](CC1CCCCC1)NC(=O)[C@@H]1CCCN1C(=O)[C@H](CCCCN)NC(=O)[C@@H](N)Cc1ccccc1)C(=O)N[C@H](CCCc1ccccc1)C(=O)N[C@@H](CCCN=C(N)N)C(=O)O. The van der Waals surface area contributed by atoms with Crippen molar-refractivity contribution in [3.8, 4) is 0 Å². The zero-order valence-corrected chi connectivity index (χ0v) is 43.9. The highest BCUT2D eigenvalue weighted by atomic mass is 16.4. The molecule has 1 aliphatic carbocycles. The molecular formula is C54H84N12O9. The molecule has 7 amide bonds. The van der Waals surface area contributed by atoms with Crippen molar-refractivity contribution in [3.63, 3.8) is 0 Å². The molecule has 21 heteroatoms. The van der Waals surface area contributed by atoms with Crippen LogP contribution in [0.4, 0.5) is 0 Å². The van der Waals surface area contributed by atoms with Crippen molar-refractivity contribution in [1.29, 1.82) is 0 Å². The Morgan fingerprint density at radius 2 is 1.28 bits per heavy atom. The Balaban J connectivity index is 1.44. The van der Waals surface area contributed by atoms with E-state index >= 15 is 0 Å². The van der Waals surface area contributed by atoms with E-state index in [0.717, 1.165) is 43.2 Å². The smallest absolute Gasteiger partial charge is 0.326 e. The van der Waals surface area contributed by atoms with Gasteiger partial charge >= 0.3 is 5.97 Å². The molecule has 2 aromatic rings. The molecule has 75 heavy (non-hydrogen) atoms. The number of hydrogen-bond donors (Lipinski definition) is 11. The van der Waals surface area contributed by atoms with E-state index < -0.39 is 96.2 Å². The molecule has 2 aliphatic rings. The zero-order valence-electron chi connectivity index (χ0n) is 43.9. The third-order valence-corrected chi connectivity index (χ3v) is 13.7. The highest BCUT2D eigenvalue weighted by Crippen LogP contribution is 2.28. The van der Waals surface area contributed by atoms with Crippen molar-refractivity contribution in [1.82, 2.24) is 36.8 Å². The molecule has 2 aromatic carbocycles. The first kappa shape index (κ1) is 60.9. The lowest BCUT2D eigenvalue weighted by Gasteiger charge is -2.31. The number of carboxylic acids is 1. The molecule has 4 rings (SSSR count). The number of aliphatic carboxylic acids is 1. The molecule has 1 saturated carbocycles. The van der Waals surface area contributed by atoms with Crippen molar-refractivity contribution in [3.05, 3.63) is 71.8 Å². The summed E-state index contributed by atoms with van der Waals surface area (Å²) in [6.45, 7) is 4.00. The van der Waals surface area contributed by atoms with Gasteiger partial charge in [-0.15, -0.1) is 0 Å². The van der Waals surface area contributed by atoms with Crippen LogP contribution >= 0.6 is 0 Å². The summed E-state index contributed by atoms with van der Waals surface area (Å²) in [7, 11) is 0. The van der Waals surface area contributed by atoms with E-state index in [9.17, 15) is 43.5 Å². The second-order valence-corrected chi connectivity index (χ2v) is 20.4. The minimum Gasteiger partial charge on any atom is -0.480 e. The topological polar surface area (TPSA) is 349 Å². The molecular weight excluding hydrogens is 961 g/mol. The zero-order chi connectivity index (χ0) is 54.7. The second kappa shape index (κ2) is 32.6. The van der Waals surface area contributed by atoms with Crippen LogP contribution in [-0.4, -0.2) is 132 Å². The van der Waals surface area contributed by atoms with Crippen molar-refractivity contribution in [2.45, 2.75) is 172 Å². The molecule has 414 valence electrons. The fourth-order valence-electron chi connectivity index (χ4n) is 9.72. The van der Waals surface area contributed by atoms with E-state index in [0.29, 0.717) is 57.9 Å². The van der Waals surface area contributed by atoms with Gasteiger partial charge in [-0.25, -0.2) is 4.79 Å². The molecule has 0 bridgehead atoms. The fraction of sp³-hybridized carbons (Fsp3) is 0.611. The van der Waals surface area contributed by atoms with Crippen LogP contribution in [0.15, 0.2) is 65.7 Å². The molecule has 0 radical (unpaired) electrons.